The number of aromatic nitrogens is 1. The Balaban J connectivity index is 1.44. The minimum atomic E-state index is -0.729. The molecule has 0 radical (unpaired) electrons. The molecule has 246 valence electrons. The van der Waals surface area contributed by atoms with Gasteiger partial charge in [0.15, 0.2) is 0 Å². The van der Waals surface area contributed by atoms with Gasteiger partial charge in [-0.05, 0) is 69.1 Å². The molecular weight excluding hydrogens is 617 g/mol. The molecule has 0 atom stereocenters. The van der Waals surface area contributed by atoms with Crippen LogP contribution in [0.25, 0.3) is 6.08 Å². The van der Waals surface area contributed by atoms with E-state index in [1.165, 1.54) is 17.3 Å². The van der Waals surface area contributed by atoms with E-state index >= 15 is 0 Å². The van der Waals surface area contributed by atoms with Crippen LogP contribution in [0.2, 0.25) is 0 Å². The van der Waals surface area contributed by atoms with E-state index in [1.54, 1.807) is 9.47 Å². The molecule has 2 aliphatic heterocycles. The Labute approximate surface area is 282 Å². The largest absolute Gasteiger partial charge is 0.481 e. The maximum absolute atomic E-state index is 13.6. The van der Waals surface area contributed by atoms with E-state index in [-0.39, 0.29) is 23.5 Å². The third-order valence-electron chi connectivity index (χ3n) is 9.12. The number of carboxylic acids is 1. The molecule has 0 aliphatic carbocycles. The molecule has 8 nitrogen and oxygen atoms in total. The van der Waals surface area contributed by atoms with Crippen molar-refractivity contribution in [1.29, 1.82) is 5.26 Å². The zero-order valence-corrected chi connectivity index (χ0v) is 28.8. The first kappa shape index (κ1) is 35.4. The average Bonchev–Trinajstić information content (AvgIpc) is 3.31. The number of piperidine rings is 1. The minimum Gasteiger partial charge on any atom is -0.481 e. The van der Waals surface area contributed by atoms with Gasteiger partial charge in [-0.2, -0.15) is 5.26 Å². The summed E-state index contributed by atoms with van der Waals surface area (Å²) in [5.74, 6) is 0.500. The molecule has 0 saturated carbocycles. The highest BCUT2D eigenvalue weighted by molar-refractivity contribution is 8.26. The number of unbranched alkanes of at least 4 members (excludes halogenated alkanes) is 7. The summed E-state index contributed by atoms with van der Waals surface area (Å²) in [5.41, 5.74) is 2.53. The van der Waals surface area contributed by atoms with Gasteiger partial charge >= 0.3 is 5.97 Å². The van der Waals surface area contributed by atoms with Crippen molar-refractivity contribution in [3.8, 4) is 6.07 Å². The highest BCUT2D eigenvalue weighted by Crippen LogP contribution is 2.37. The number of anilines is 1. The molecule has 2 aromatic rings. The lowest BCUT2D eigenvalue weighted by Crippen LogP contribution is -2.39. The number of aliphatic carboxylic acids is 1. The fraction of sp³-hybridized carbons (Fsp3) is 0.528. The van der Waals surface area contributed by atoms with Crippen LogP contribution in [0.1, 0.15) is 99.8 Å². The van der Waals surface area contributed by atoms with Crippen LogP contribution in [-0.4, -0.2) is 50.4 Å². The maximum Gasteiger partial charge on any atom is 0.303 e. The van der Waals surface area contributed by atoms with Crippen molar-refractivity contribution in [2.24, 2.45) is 5.92 Å². The quantitative estimate of drug-likeness (QED) is 0.113. The van der Waals surface area contributed by atoms with Crippen LogP contribution in [0.5, 0.6) is 0 Å². The molecule has 1 N–H and O–H groups in total. The number of amides is 1. The normalized spacial score (nSPS) is 16.4. The number of carbonyl (C=O) groups excluding carboxylic acids is 1. The van der Waals surface area contributed by atoms with E-state index in [9.17, 15) is 19.6 Å². The van der Waals surface area contributed by atoms with Gasteiger partial charge < -0.3 is 10.0 Å². The molecule has 2 fully saturated rings. The summed E-state index contributed by atoms with van der Waals surface area (Å²) in [6, 6.07) is 12.7. The number of thiocarbonyl (C=S) groups is 1. The molecule has 0 spiro atoms. The van der Waals surface area contributed by atoms with E-state index in [0.29, 0.717) is 33.8 Å². The summed E-state index contributed by atoms with van der Waals surface area (Å²) in [6.07, 6.45) is 13.0. The Morgan fingerprint density at radius 1 is 1.04 bits per heavy atom. The van der Waals surface area contributed by atoms with Crippen molar-refractivity contribution < 1.29 is 14.7 Å². The Bertz CT molecular complexity index is 1520. The highest BCUT2D eigenvalue weighted by Gasteiger charge is 2.33. The van der Waals surface area contributed by atoms with Crippen LogP contribution in [0.3, 0.4) is 0 Å². The third kappa shape index (κ3) is 9.10. The molecule has 1 amide bonds. The second-order valence-electron chi connectivity index (χ2n) is 12.3. The summed E-state index contributed by atoms with van der Waals surface area (Å²) in [5, 5.41) is 18.7. The number of hydrogen-bond acceptors (Lipinski definition) is 7. The van der Waals surface area contributed by atoms with E-state index in [1.807, 2.05) is 26.0 Å². The SMILES string of the molecule is CCn1c(N2CCC(Cc3ccccc3)CC2)c(/C=C2/SC(=S)N(CCCCCCCCCCC(=O)O)C2=O)c(C)c(C#N)c1=O. The summed E-state index contributed by atoms with van der Waals surface area (Å²) in [6.45, 7) is 6.33. The molecule has 0 unspecified atom stereocenters. The van der Waals surface area contributed by atoms with E-state index in [0.717, 1.165) is 95.1 Å². The van der Waals surface area contributed by atoms with Crippen molar-refractivity contribution in [1.82, 2.24) is 9.47 Å². The van der Waals surface area contributed by atoms with Gasteiger partial charge in [0, 0.05) is 38.2 Å². The first-order valence-corrected chi connectivity index (χ1v) is 17.9. The third-order valence-corrected chi connectivity index (χ3v) is 10.5. The van der Waals surface area contributed by atoms with Crippen molar-refractivity contribution in [3.63, 3.8) is 0 Å². The van der Waals surface area contributed by atoms with Crippen LogP contribution in [0.15, 0.2) is 40.0 Å². The molecule has 2 aliphatic rings. The molecule has 0 bridgehead atoms. The van der Waals surface area contributed by atoms with Crippen molar-refractivity contribution >= 4 is 52.1 Å². The number of nitriles is 1. The monoisotopic (exact) mass is 662 g/mol. The fourth-order valence-electron chi connectivity index (χ4n) is 6.51. The molecule has 2 saturated heterocycles. The predicted octanol–water partition coefficient (Wildman–Crippen LogP) is 7.30. The number of benzene rings is 1. The van der Waals surface area contributed by atoms with Crippen molar-refractivity contribution in [2.45, 2.75) is 97.4 Å². The van der Waals surface area contributed by atoms with Gasteiger partial charge in [0.25, 0.3) is 11.5 Å². The topological polar surface area (TPSA) is 107 Å². The summed E-state index contributed by atoms with van der Waals surface area (Å²) >= 11 is 6.93. The van der Waals surface area contributed by atoms with Gasteiger partial charge in [-0.3, -0.25) is 23.9 Å². The van der Waals surface area contributed by atoms with E-state index in [4.69, 9.17) is 17.3 Å². The molecular formula is C36H46N4O4S2. The number of rotatable bonds is 16. The zero-order valence-electron chi connectivity index (χ0n) is 27.1. The Hall–Kier alpha value is -3.42. The molecule has 3 heterocycles. The Morgan fingerprint density at radius 3 is 2.28 bits per heavy atom. The fourth-order valence-corrected chi connectivity index (χ4v) is 7.80. The second kappa shape index (κ2) is 17.5. The standard InChI is InChI=1S/C36H46N4O4S2/c1-3-39-33(38-21-18-28(19-22-38)23-27-15-11-10-12-16-27)29(26(2)30(25-37)34(39)43)24-31-35(44)40(36(45)46-31)20-14-9-7-5-4-6-8-13-17-32(41)42/h10-12,15-16,24,28H,3-9,13-14,17-23H2,1-2H3,(H,41,42)/b31-24+. The van der Waals surface area contributed by atoms with Gasteiger partial charge in [0.05, 0.1) is 4.91 Å². The second-order valence-corrected chi connectivity index (χ2v) is 14.0. The van der Waals surface area contributed by atoms with Crippen LogP contribution >= 0.6 is 24.0 Å². The number of carbonyl (C=O) groups is 2. The number of nitrogens with zero attached hydrogens (tertiary/aromatic N) is 4. The maximum atomic E-state index is 13.6. The van der Waals surface area contributed by atoms with Gasteiger partial charge in [0.2, 0.25) is 0 Å². The predicted molar refractivity (Wildman–Crippen MR) is 190 cm³/mol. The first-order chi connectivity index (χ1) is 22.2. The van der Waals surface area contributed by atoms with Crippen molar-refractivity contribution in [2.75, 3.05) is 24.5 Å². The molecule has 10 heteroatoms. The van der Waals surface area contributed by atoms with Crippen LogP contribution in [-0.2, 0) is 22.6 Å². The molecule has 1 aromatic carbocycles. The first-order valence-electron chi connectivity index (χ1n) is 16.7. The average molecular weight is 663 g/mol. The number of pyridine rings is 1. The summed E-state index contributed by atoms with van der Waals surface area (Å²) in [7, 11) is 0. The number of carboxylic acid groups (broad SMARTS) is 1. The molecule has 1 aromatic heterocycles. The minimum absolute atomic E-state index is 0.117. The Morgan fingerprint density at radius 2 is 1.67 bits per heavy atom. The smallest absolute Gasteiger partial charge is 0.303 e. The summed E-state index contributed by atoms with van der Waals surface area (Å²) in [4.78, 5) is 42.1. The van der Waals surface area contributed by atoms with Gasteiger partial charge in [-0.1, -0.05) is 92.8 Å². The summed E-state index contributed by atoms with van der Waals surface area (Å²) < 4.78 is 2.24. The van der Waals surface area contributed by atoms with E-state index < -0.39 is 5.97 Å². The van der Waals surface area contributed by atoms with Gasteiger partial charge in [-0.25, -0.2) is 0 Å². The van der Waals surface area contributed by atoms with Crippen LogP contribution in [0, 0.1) is 24.2 Å². The van der Waals surface area contributed by atoms with Gasteiger partial charge in [-0.15, -0.1) is 0 Å². The molecule has 46 heavy (non-hydrogen) atoms. The van der Waals surface area contributed by atoms with Gasteiger partial charge in [0.1, 0.15) is 21.8 Å². The Kier molecular flexibility index (Phi) is 13.5. The lowest BCUT2D eigenvalue weighted by Gasteiger charge is -2.36. The number of thioether (sulfide) groups is 1. The highest BCUT2D eigenvalue weighted by atomic mass is 32.2. The lowest BCUT2D eigenvalue weighted by molar-refractivity contribution is -0.137. The van der Waals surface area contributed by atoms with Crippen LogP contribution < -0.4 is 10.5 Å². The lowest BCUT2D eigenvalue weighted by atomic mass is 9.90. The molecule has 4 rings (SSSR count). The number of hydrogen-bond donors (Lipinski definition) is 1. The van der Waals surface area contributed by atoms with Crippen molar-refractivity contribution in [3.05, 3.63) is 67.8 Å². The van der Waals surface area contributed by atoms with Crippen LogP contribution in [0.4, 0.5) is 5.82 Å². The van der Waals surface area contributed by atoms with E-state index in [2.05, 4.69) is 35.2 Å². The zero-order chi connectivity index (χ0) is 33.1.